The number of benzene rings is 4. The first-order chi connectivity index (χ1) is 21.0. The Kier molecular flexibility index (Phi) is 11.8. The van der Waals surface area contributed by atoms with Crippen molar-refractivity contribution >= 4 is 27.2 Å². The summed E-state index contributed by atoms with van der Waals surface area (Å²) in [5.74, 6) is 1.14. The lowest BCUT2D eigenvalue weighted by Crippen LogP contribution is -2.35. The molecule has 2 heterocycles. The fourth-order valence-electron chi connectivity index (χ4n) is 5.67. The fourth-order valence-corrected chi connectivity index (χ4v) is 6.19. The molecular formula is C36H39N3O4S. The Bertz CT molecular complexity index is 1670. The van der Waals surface area contributed by atoms with E-state index in [0.717, 1.165) is 36.8 Å². The minimum Gasteiger partial charge on any atom is -0.412 e. The zero-order valence-electron chi connectivity index (χ0n) is 24.6. The first-order valence-electron chi connectivity index (χ1n) is 14.7. The van der Waals surface area contributed by atoms with Crippen molar-refractivity contribution in [1.82, 2.24) is 9.88 Å². The molecule has 44 heavy (non-hydrogen) atoms. The number of rotatable bonds is 8. The van der Waals surface area contributed by atoms with E-state index in [-0.39, 0.29) is 10.4 Å². The number of piperidine rings is 1. The van der Waals surface area contributed by atoms with E-state index in [9.17, 15) is 8.42 Å². The van der Waals surface area contributed by atoms with Gasteiger partial charge >= 0.3 is 0 Å². The summed E-state index contributed by atoms with van der Waals surface area (Å²) in [4.78, 5) is 11.0. The van der Waals surface area contributed by atoms with E-state index in [1.807, 2.05) is 30.6 Å². The standard InChI is InChI=1S/C26H29N3.C10H8O3S.H2O/c1-3-7-23(8-4-1)26(24-9-5-2-6-10-24)25-14-19-29(20-15-25)21-28-18-13-22-11-16-27-17-12-22;11-14(12,13)10-6-5-8-3-1-2-4-9(8)7-10;/h1-12,16-17,21,25-26H,13-15,18-20H2;1-7H,(H,11,12,13);1H2. The summed E-state index contributed by atoms with van der Waals surface area (Å²) in [5, 5.41) is 1.74. The summed E-state index contributed by atoms with van der Waals surface area (Å²) in [6.07, 6.45) is 9.13. The zero-order valence-corrected chi connectivity index (χ0v) is 25.4. The summed E-state index contributed by atoms with van der Waals surface area (Å²) in [6, 6.07) is 38.0. The molecule has 0 amide bonds. The summed E-state index contributed by atoms with van der Waals surface area (Å²) in [5.41, 5.74) is 4.16. The molecule has 0 saturated carbocycles. The Morgan fingerprint density at radius 1 is 0.795 bits per heavy atom. The van der Waals surface area contributed by atoms with Gasteiger partial charge in [0.05, 0.1) is 11.2 Å². The number of fused-ring (bicyclic) bond motifs is 1. The van der Waals surface area contributed by atoms with Crippen LogP contribution in [0.1, 0.15) is 35.4 Å². The van der Waals surface area contributed by atoms with Crippen LogP contribution in [0.15, 0.2) is 138 Å². The molecule has 3 N–H and O–H groups in total. The SMILES string of the molecule is C(=NCCc1ccncc1)N1CCC(C(c2ccccc2)c2ccccc2)CC1.O.O=S(=O)(O)c1ccc2ccccc2c1. The highest BCUT2D eigenvalue weighted by Crippen LogP contribution is 2.37. The number of nitrogens with zero attached hydrogens (tertiary/aromatic N) is 3. The van der Waals surface area contributed by atoms with Gasteiger partial charge in [-0.15, -0.1) is 0 Å². The number of hydrogen-bond acceptors (Lipinski definition) is 4. The quantitative estimate of drug-likeness (QED) is 0.123. The molecule has 1 saturated heterocycles. The Morgan fingerprint density at radius 2 is 1.36 bits per heavy atom. The monoisotopic (exact) mass is 609 g/mol. The molecule has 8 heteroatoms. The van der Waals surface area contributed by atoms with Gasteiger partial charge in [-0.3, -0.25) is 14.5 Å². The maximum absolute atomic E-state index is 10.8. The first-order valence-corrected chi connectivity index (χ1v) is 16.1. The first kappa shape index (κ1) is 32.5. The van der Waals surface area contributed by atoms with Gasteiger partial charge in [-0.05, 0) is 76.9 Å². The molecule has 228 valence electrons. The molecule has 0 unspecified atom stereocenters. The average Bonchev–Trinajstić information content (AvgIpc) is 3.05. The van der Waals surface area contributed by atoms with Crippen LogP contribution in [0.2, 0.25) is 0 Å². The lowest BCUT2D eigenvalue weighted by molar-refractivity contribution is 0.254. The molecule has 0 atom stereocenters. The van der Waals surface area contributed by atoms with E-state index in [1.165, 1.54) is 41.7 Å². The highest BCUT2D eigenvalue weighted by molar-refractivity contribution is 7.85. The molecule has 0 aliphatic carbocycles. The second kappa shape index (κ2) is 15.9. The molecule has 1 aromatic heterocycles. The fraction of sp³-hybridized carbons (Fsp3) is 0.222. The van der Waals surface area contributed by atoms with Crippen LogP contribution in [0.25, 0.3) is 10.8 Å². The van der Waals surface area contributed by atoms with Crippen molar-refractivity contribution in [1.29, 1.82) is 0 Å². The minimum absolute atomic E-state index is 0. The predicted molar refractivity (Wildman–Crippen MR) is 178 cm³/mol. The van der Waals surface area contributed by atoms with Gasteiger partial charge in [-0.1, -0.05) is 91.0 Å². The summed E-state index contributed by atoms with van der Waals surface area (Å²) in [6.45, 7) is 3.00. The van der Waals surface area contributed by atoms with Crippen molar-refractivity contribution in [3.05, 3.63) is 144 Å². The number of likely N-dealkylation sites (tertiary alicyclic amines) is 1. The number of hydrogen-bond donors (Lipinski definition) is 1. The van der Waals surface area contributed by atoms with Crippen molar-refractivity contribution in [2.24, 2.45) is 10.9 Å². The van der Waals surface area contributed by atoms with Crippen molar-refractivity contribution in [3.8, 4) is 0 Å². The van der Waals surface area contributed by atoms with Crippen molar-refractivity contribution in [2.45, 2.75) is 30.1 Å². The van der Waals surface area contributed by atoms with Crippen LogP contribution in [-0.4, -0.2) is 54.3 Å². The summed E-state index contributed by atoms with van der Waals surface area (Å²) >= 11 is 0. The van der Waals surface area contributed by atoms with Crippen LogP contribution in [0.5, 0.6) is 0 Å². The Balaban J connectivity index is 0.000000248. The van der Waals surface area contributed by atoms with Crippen LogP contribution in [0, 0.1) is 5.92 Å². The smallest absolute Gasteiger partial charge is 0.294 e. The van der Waals surface area contributed by atoms with Gasteiger partial charge in [0.25, 0.3) is 10.1 Å². The Morgan fingerprint density at radius 3 is 1.95 bits per heavy atom. The number of aromatic nitrogens is 1. The van der Waals surface area contributed by atoms with Crippen LogP contribution >= 0.6 is 0 Å². The van der Waals surface area contributed by atoms with Crippen LogP contribution in [0.3, 0.4) is 0 Å². The van der Waals surface area contributed by atoms with Gasteiger partial charge in [-0.25, -0.2) is 0 Å². The molecular weight excluding hydrogens is 570 g/mol. The maximum atomic E-state index is 10.8. The van der Waals surface area contributed by atoms with Gasteiger partial charge in [0.2, 0.25) is 0 Å². The van der Waals surface area contributed by atoms with Crippen molar-refractivity contribution < 1.29 is 18.4 Å². The summed E-state index contributed by atoms with van der Waals surface area (Å²) in [7, 11) is -4.09. The molecule has 0 radical (unpaired) electrons. The van der Waals surface area contributed by atoms with E-state index < -0.39 is 10.1 Å². The Labute approximate surface area is 260 Å². The number of pyridine rings is 1. The van der Waals surface area contributed by atoms with Gasteiger partial charge < -0.3 is 10.4 Å². The maximum Gasteiger partial charge on any atom is 0.294 e. The summed E-state index contributed by atoms with van der Waals surface area (Å²) < 4.78 is 30.5. The van der Waals surface area contributed by atoms with E-state index in [0.29, 0.717) is 11.8 Å². The largest absolute Gasteiger partial charge is 0.412 e. The van der Waals surface area contributed by atoms with Crippen LogP contribution < -0.4 is 0 Å². The molecule has 6 rings (SSSR count). The second-order valence-electron chi connectivity index (χ2n) is 10.8. The van der Waals surface area contributed by atoms with E-state index in [1.54, 1.807) is 12.1 Å². The highest BCUT2D eigenvalue weighted by Gasteiger charge is 2.28. The molecule has 4 aromatic carbocycles. The third-order valence-corrected chi connectivity index (χ3v) is 8.76. The Hall–Kier alpha value is -4.37. The minimum atomic E-state index is -4.09. The predicted octanol–water partition coefficient (Wildman–Crippen LogP) is 6.46. The number of aliphatic imine (C=N–C) groups is 1. The molecule has 0 spiro atoms. The molecule has 1 aliphatic heterocycles. The van der Waals surface area contributed by atoms with Crippen LogP contribution in [-0.2, 0) is 16.5 Å². The second-order valence-corrected chi connectivity index (χ2v) is 12.2. The molecule has 7 nitrogen and oxygen atoms in total. The molecule has 0 bridgehead atoms. The third kappa shape index (κ3) is 9.07. The topological polar surface area (TPSA) is 114 Å². The molecule has 1 aliphatic rings. The van der Waals surface area contributed by atoms with Gasteiger partial charge in [0.1, 0.15) is 0 Å². The molecule has 1 fully saturated rings. The van der Waals surface area contributed by atoms with Crippen LogP contribution in [0.4, 0.5) is 0 Å². The van der Waals surface area contributed by atoms with E-state index in [2.05, 4.69) is 94.0 Å². The van der Waals surface area contributed by atoms with E-state index >= 15 is 0 Å². The van der Waals surface area contributed by atoms with Gasteiger partial charge in [-0.2, -0.15) is 8.42 Å². The average molecular weight is 610 g/mol. The zero-order chi connectivity index (χ0) is 29.9. The van der Waals surface area contributed by atoms with Crippen molar-refractivity contribution in [3.63, 3.8) is 0 Å². The highest BCUT2D eigenvalue weighted by atomic mass is 32.2. The lowest BCUT2D eigenvalue weighted by atomic mass is 9.76. The van der Waals surface area contributed by atoms with E-state index in [4.69, 9.17) is 4.55 Å². The normalized spacial score (nSPS) is 13.8. The third-order valence-electron chi connectivity index (χ3n) is 7.91. The van der Waals surface area contributed by atoms with Gasteiger partial charge in [0, 0.05) is 37.9 Å². The molecule has 5 aromatic rings. The van der Waals surface area contributed by atoms with Gasteiger partial charge in [0.15, 0.2) is 0 Å². The lowest BCUT2D eigenvalue weighted by Gasteiger charge is -2.36. The van der Waals surface area contributed by atoms with Crippen molar-refractivity contribution in [2.75, 3.05) is 19.6 Å².